The Morgan fingerprint density at radius 3 is 2.76 bits per heavy atom. The highest BCUT2D eigenvalue weighted by Gasteiger charge is 2.25. The maximum atomic E-state index is 11.8. The summed E-state index contributed by atoms with van der Waals surface area (Å²) in [4.78, 5) is 0. The first-order valence-corrected chi connectivity index (χ1v) is 6.01. The molecule has 1 heterocycles. The fourth-order valence-corrected chi connectivity index (χ4v) is 1.67. The van der Waals surface area contributed by atoms with Gasteiger partial charge < -0.3 is 14.8 Å². The van der Waals surface area contributed by atoms with Gasteiger partial charge in [-0.3, -0.25) is 0 Å². The zero-order chi connectivity index (χ0) is 12.6. The van der Waals surface area contributed by atoms with Crippen LogP contribution in [-0.2, 0) is 9.47 Å². The molecule has 0 aromatic heterocycles. The van der Waals surface area contributed by atoms with Crippen molar-refractivity contribution in [1.82, 2.24) is 5.32 Å². The van der Waals surface area contributed by atoms with Crippen LogP contribution in [0, 0.1) is 5.92 Å². The van der Waals surface area contributed by atoms with Gasteiger partial charge in [-0.05, 0) is 18.8 Å². The maximum absolute atomic E-state index is 11.8. The van der Waals surface area contributed by atoms with Gasteiger partial charge in [-0.25, -0.2) is 0 Å². The molecule has 0 bridgehead atoms. The summed E-state index contributed by atoms with van der Waals surface area (Å²) in [6.07, 6.45) is -3.71. The monoisotopic (exact) mass is 255 g/mol. The molecule has 0 aliphatic carbocycles. The zero-order valence-electron chi connectivity index (χ0n) is 9.89. The molecule has 3 nitrogen and oxygen atoms in total. The second-order valence-electron chi connectivity index (χ2n) is 4.26. The lowest BCUT2D eigenvalue weighted by Gasteiger charge is -2.10. The van der Waals surface area contributed by atoms with Crippen molar-refractivity contribution < 1.29 is 22.6 Å². The first-order chi connectivity index (χ1) is 8.08. The Morgan fingerprint density at radius 1 is 1.29 bits per heavy atom. The van der Waals surface area contributed by atoms with Crippen molar-refractivity contribution in [3.63, 3.8) is 0 Å². The van der Waals surface area contributed by atoms with E-state index in [0.717, 1.165) is 26.2 Å². The highest BCUT2D eigenvalue weighted by atomic mass is 19.4. The van der Waals surface area contributed by atoms with Gasteiger partial charge in [-0.15, -0.1) is 0 Å². The van der Waals surface area contributed by atoms with E-state index in [1.54, 1.807) is 0 Å². The van der Waals surface area contributed by atoms with Gasteiger partial charge in [-0.1, -0.05) is 0 Å². The van der Waals surface area contributed by atoms with Crippen LogP contribution < -0.4 is 5.32 Å². The van der Waals surface area contributed by atoms with Crippen LogP contribution in [0.25, 0.3) is 0 Å². The van der Waals surface area contributed by atoms with Crippen molar-refractivity contribution in [2.24, 2.45) is 5.92 Å². The lowest BCUT2D eigenvalue weighted by Crippen LogP contribution is -2.26. The van der Waals surface area contributed by atoms with Gasteiger partial charge in [0, 0.05) is 32.7 Å². The number of hydrogen-bond acceptors (Lipinski definition) is 3. The van der Waals surface area contributed by atoms with E-state index < -0.39 is 12.6 Å². The van der Waals surface area contributed by atoms with E-state index in [-0.39, 0.29) is 13.0 Å². The van der Waals surface area contributed by atoms with Crippen LogP contribution in [-0.4, -0.2) is 45.7 Å². The number of alkyl halides is 3. The molecule has 1 fully saturated rings. The lowest BCUT2D eigenvalue weighted by molar-refractivity contribution is -0.137. The zero-order valence-corrected chi connectivity index (χ0v) is 9.89. The summed E-state index contributed by atoms with van der Waals surface area (Å²) >= 11 is 0. The molecule has 6 heteroatoms. The summed E-state index contributed by atoms with van der Waals surface area (Å²) in [7, 11) is 0. The Hall–Kier alpha value is -0.330. The van der Waals surface area contributed by atoms with Gasteiger partial charge in [0.1, 0.15) is 0 Å². The molecule has 17 heavy (non-hydrogen) atoms. The summed E-state index contributed by atoms with van der Waals surface area (Å²) in [5.41, 5.74) is 0. The molecule has 0 saturated carbocycles. The third-order valence-electron chi connectivity index (χ3n) is 2.63. The standard InChI is InChI=1S/C11H20F3NO2/c12-11(13,14)3-1-5-16-7-4-15-8-10-2-6-17-9-10/h10,15H,1-9H2. The number of rotatable bonds is 8. The van der Waals surface area contributed by atoms with E-state index in [1.807, 2.05) is 0 Å². The average Bonchev–Trinajstić information content (AvgIpc) is 2.73. The average molecular weight is 255 g/mol. The second kappa shape index (κ2) is 7.89. The largest absolute Gasteiger partial charge is 0.389 e. The van der Waals surface area contributed by atoms with Gasteiger partial charge in [-0.2, -0.15) is 13.2 Å². The van der Waals surface area contributed by atoms with E-state index in [0.29, 0.717) is 19.1 Å². The summed E-state index contributed by atoms with van der Waals surface area (Å²) < 4.78 is 45.7. The van der Waals surface area contributed by atoms with Crippen LogP contribution in [0.4, 0.5) is 13.2 Å². The van der Waals surface area contributed by atoms with Crippen molar-refractivity contribution >= 4 is 0 Å². The van der Waals surface area contributed by atoms with Crippen LogP contribution >= 0.6 is 0 Å². The molecule has 1 atom stereocenters. The first kappa shape index (κ1) is 14.7. The van der Waals surface area contributed by atoms with Crippen molar-refractivity contribution in [2.75, 3.05) is 39.5 Å². The molecule has 0 radical (unpaired) electrons. The lowest BCUT2D eigenvalue weighted by atomic mass is 10.1. The minimum atomic E-state index is -4.07. The molecule has 1 rings (SSSR count). The Bertz CT molecular complexity index is 194. The molecule has 0 amide bonds. The van der Waals surface area contributed by atoms with E-state index in [2.05, 4.69) is 5.32 Å². The van der Waals surface area contributed by atoms with Crippen molar-refractivity contribution in [1.29, 1.82) is 0 Å². The predicted molar refractivity (Wildman–Crippen MR) is 57.9 cm³/mol. The van der Waals surface area contributed by atoms with E-state index in [9.17, 15) is 13.2 Å². The Balaban J connectivity index is 1.78. The third-order valence-corrected chi connectivity index (χ3v) is 2.63. The Labute approximate surface area is 99.7 Å². The third kappa shape index (κ3) is 8.40. The van der Waals surface area contributed by atoms with Gasteiger partial charge in [0.15, 0.2) is 0 Å². The van der Waals surface area contributed by atoms with Gasteiger partial charge in [0.05, 0.1) is 13.2 Å². The van der Waals surface area contributed by atoms with E-state index in [1.165, 1.54) is 0 Å². The topological polar surface area (TPSA) is 30.5 Å². The number of hydrogen-bond donors (Lipinski definition) is 1. The Morgan fingerprint density at radius 2 is 2.12 bits per heavy atom. The molecule has 102 valence electrons. The molecule has 0 spiro atoms. The summed E-state index contributed by atoms with van der Waals surface area (Å²) in [6, 6.07) is 0. The van der Waals surface area contributed by atoms with Gasteiger partial charge in [0.25, 0.3) is 0 Å². The molecular weight excluding hydrogens is 235 g/mol. The number of ether oxygens (including phenoxy) is 2. The number of halogens is 3. The van der Waals surface area contributed by atoms with Crippen LogP contribution in [0.1, 0.15) is 19.3 Å². The fourth-order valence-electron chi connectivity index (χ4n) is 1.67. The fraction of sp³-hybridized carbons (Fsp3) is 1.00. The smallest absolute Gasteiger partial charge is 0.381 e. The second-order valence-corrected chi connectivity index (χ2v) is 4.26. The highest BCUT2D eigenvalue weighted by molar-refractivity contribution is 4.66. The van der Waals surface area contributed by atoms with Crippen molar-refractivity contribution in [3.8, 4) is 0 Å². The minimum absolute atomic E-state index is 0.0416. The molecule has 1 aliphatic heterocycles. The molecule has 0 aromatic carbocycles. The van der Waals surface area contributed by atoms with Crippen LogP contribution in [0.3, 0.4) is 0 Å². The predicted octanol–water partition coefficient (Wildman–Crippen LogP) is 1.97. The quantitative estimate of drug-likeness (QED) is 0.673. The molecular formula is C11H20F3NO2. The van der Waals surface area contributed by atoms with Gasteiger partial charge in [0.2, 0.25) is 0 Å². The van der Waals surface area contributed by atoms with E-state index in [4.69, 9.17) is 9.47 Å². The summed E-state index contributed by atoms with van der Waals surface area (Å²) in [5, 5.41) is 3.21. The van der Waals surface area contributed by atoms with Crippen LogP contribution in [0.15, 0.2) is 0 Å². The Kier molecular flexibility index (Phi) is 6.84. The molecule has 1 aliphatic rings. The van der Waals surface area contributed by atoms with E-state index >= 15 is 0 Å². The van der Waals surface area contributed by atoms with Crippen molar-refractivity contribution in [2.45, 2.75) is 25.4 Å². The van der Waals surface area contributed by atoms with Crippen LogP contribution in [0.5, 0.6) is 0 Å². The molecule has 1 N–H and O–H groups in total. The maximum Gasteiger partial charge on any atom is 0.389 e. The summed E-state index contributed by atoms with van der Waals surface area (Å²) in [5.74, 6) is 0.570. The number of nitrogens with one attached hydrogen (secondary N) is 1. The van der Waals surface area contributed by atoms with Crippen LogP contribution in [0.2, 0.25) is 0 Å². The van der Waals surface area contributed by atoms with Crippen molar-refractivity contribution in [3.05, 3.63) is 0 Å². The first-order valence-electron chi connectivity index (χ1n) is 6.01. The highest BCUT2D eigenvalue weighted by Crippen LogP contribution is 2.20. The minimum Gasteiger partial charge on any atom is -0.381 e. The molecule has 1 unspecified atom stereocenters. The van der Waals surface area contributed by atoms with Gasteiger partial charge >= 0.3 is 6.18 Å². The normalized spacial score (nSPS) is 21.0. The SMILES string of the molecule is FC(F)(F)CCCOCCNCC1CCOC1. The molecule has 1 saturated heterocycles. The summed E-state index contributed by atoms with van der Waals surface area (Å²) in [6.45, 7) is 3.85. The molecule has 0 aromatic rings.